The number of halogens is 1. The van der Waals surface area contributed by atoms with E-state index in [9.17, 15) is 4.79 Å². The quantitative estimate of drug-likeness (QED) is 0.636. The van der Waals surface area contributed by atoms with Gasteiger partial charge in [-0.2, -0.15) is 0 Å². The van der Waals surface area contributed by atoms with Gasteiger partial charge < -0.3 is 10.1 Å². The molecule has 1 heterocycles. The first-order valence-electron chi connectivity index (χ1n) is 5.76. The summed E-state index contributed by atoms with van der Waals surface area (Å²) < 4.78 is 5.56. The molecule has 6 heteroatoms. The number of aromatic nitrogens is 2. The molecule has 0 amide bonds. The Labute approximate surface area is 112 Å². The normalized spacial score (nSPS) is 11.4. The fraction of sp³-hybridized carbons (Fsp3) is 0.583. The summed E-state index contributed by atoms with van der Waals surface area (Å²) in [6.07, 6.45) is 0.651. The Kier molecular flexibility index (Phi) is 5.04. The minimum absolute atomic E-state index is 0.161. The summed E-state index contributed by atoms with van der Waals surface area (Å²) in [5.74, 6) is 0.956. The number of nitrogens with one attached hydrogen (secondary N) is 1. The second-order valence-electron chi connectivity index (χ2n) is 4.49. The minimum Gasteiger partial charge on any atom is -0.374 e. The van der Waals surface area contributed by atoms with Crippen molar-refractivity contribution in [3.05, 3.63) is 16.5 Å². The van der Waals surface area contributed by atoms with Crippen molar-refractivity contribution in [2.75, 3.05) is 18.5 Å². The van der Waals surface area contributed by atoms with Gasteiger partial charge in [-0.05, 0) is 27.7 Å². The highest BCUT2D eigenvalue weighted by molar-refractivity contribution is 6.32. The van der Waals surface area contributed by atoms with Gasteiger partial charge in [-0.15, -0.1) is 0 Å². The Bertz CT molecular complexity index is 436. The maximum absolute atomic E-state index is 11.0. The van der Waals surface area contributed by atoms with Crippen molar-refractivity contribution >= 4 is 23.7 Å². The van der Waals surface area contributed by atoms with E-state index in [1.807, 2.05) is 20.8 Å². The number of hydrogen-bond acceptors (Lipinski definition) is 5. The monoisotopic (exact) mass is 271 g/mol. The number of carbonyl (C=O) groups is 1. The maximum Gasteiger partial charge on any atom is 0.156 e. The molecule has 5 nitrogen and oxygen atoms in total. The van der Waals surface area contributed by atoms with Gasteiger partial charge in [-0.3, -0.25) is 4.79 Å². The molecule has 0 unspecified atom stereocenters. The van der Waals surface area contributed by atoms with E-state index in [2.05, 4.69) is 15.3 Å². The van der Waals surface area contributed by atoms with Crippen LogP contribution in [0.15, 0.2) is 0 Å². The summed E-state index contributed by atoms with van der Waals surface area (Å²) in [4.78, 5) is 19.1. The first-order valence-corrected chi connectivity index (χ1v) is 6.14. The summed E-state index contributed by atoms with van der Waals surface area (Å²) in [7, 11) is 0. The molecule has 1 rings (SSSR count). The van der Waals surface area contributed by atoms with Gasteiger partial charge in [0.05, 0.1) is 11.2 Å². The standard InChI is InChI=1S/C12H18ClN3O2/c1-5-18-12(3,4)7-14-11-9(6-17)10(13)15-8(2)16-11/h6H,5,7H2,1-4H3,(H,14,15,16). The molecule has 0 fully saturated rings. The van der Waals surface area contributed by atoms with E-state index >= 15 is 0 Å². The van der Waals surface area contributed by atoms with Gasteiger partial charge in [0, 0.05) is 13.2 Å². The van der Waals surface area contributed by atoms with Crippen LogP contribution in [-0.2, 0) is 4.74 Å². The smallest absolute Gasteiger partial charge is 0.156 e. The van der Waals surface area contributed by atoms with E-state index in [1.54, 1.807) is 6.92 Å². The summed E-state index contributed by atoms with van der Waals surface area (Å²) >= 11 is 5.89. The predicted molar refractivity (Wildman–Crippen MR) is 71.4 cm³/mol. The molecule has 1 aromatic heterocycles. The third-order valence-electron chi connectivity index (χ3n) is 2.35. The molecular weight excluding hydrogens is 254 g/mol. The number of ether oxygens (including phenoxy) is 1. The van der Waals surface area contributed by atoms with Gasteiger partial charge in [0.15, 0.2) is 6.29 Å². The molecule has 1 aromatic rings. The number of rotatable bonds is 6. The Morgan fingerprint density at radius 3 is 2.67 bits per heavy atom. The van der Waals surface area contributed by atoms with Gasteiger partial charge in [0.25, 0.3) is 0 Å². The van der Waals surface area contributed by atoms with Crippen LogP contribution in [0.1, 0.15) is 37.0 Å². The van der Waals surface area contributed by atoms with E-state index in [0.717, 1.165) is 0 Å². The average Bonchev–Trinajstić information content (AvgIpc) is 2.26. The van der Waals surface area contributed by atoms with Crippen molar-refractivity contribution in [2.24, 2.45) is 0 Å². The van der Waals surface area contributed by atoms with E-state index < -0.39 is 0 Å². The lowest BCUT2D eigenvalue weighted by molar-refractivity contribution is 0.000622. The number of anilines is 1. The lowest BCUT2D eigenvalue weighted by Gasteiger charge is -2.25. The highest BCUT2D eigenvalue weighted by Crippen LogP contribution is 2.20. The molecule has 0 saturated heterocycles. The summed E-state index contributed by atoms with van der Waals surface area (Å²) in [5.41, 5.74) is -0.0742. The molecule has 100 valence electrons. The van der Waals surface area contributed by atoms with Crippen LogP contribution in [0.25, 0.3) is 0 Å². The number of nitrogens with zero attached hydrogens (tertiary/aromatic N) is 2. The van der Waals surface area contributed by atoms with Crippen LogP contribution in [0.5, 0.6) is 0 Å². The van der Waals surface area contributed by atoms with Gasteiger partial charge >= 0.3 is 0 Å². The predicted octanol–water partition coefficient (Wildman–Crippen LogP) is 2.48. The van der Waals surface area contributed by atoms with E-state index in [-0.39, 0.29) is 16.3 Å². The molecular formula is C12H18ClN3O2. The van der Waals surface area contributed by atoms with Crippen LogP contribution >= 0.6 is 11.6 Å². The Morgan fingerprint density at radius 1 is 1.44 bits per heavy atom. The zero-order valence-electron chi connectivity index (χ0n) is 11.1. The third-order valence-corrected chi connectivity index (χ3v) is 2.63. The highest BCUT2D eigenvalue weighted by atomic mass is 35.5. The molecule has 0 radical (unpaired) electrons. The largest absolute Gasteiger partial charge is 0.374 e. The second-order valence-corrected chi connectivity index (χ2v) is 4.85. The van der Waals surface area contributed by atoms with Crippen molar-refractivity contribution in [1.82, 2.24) is 9.97 Å². The molecule has 1 N–H and O–H groups in total. The van der Waals surface area contributed by atoms with Gasteiger partial charge in [-0.25, -0.2) is 9.97 Å². The van der Waals surface area contributed by atoms with Crippen molar-refractivity contribution < 1.29 is 9.53 Å². The Morgan fingerprint density at radius 2 is 2.11 bits per heavy atom. The molecule has 0 aliphatic heterocycles. The molecule has 0 aromatic carbocycles. The van der Waals surface area contributed by atoms with E-state index in [1.165, 1.54) is 0 Å². The molecule has 0 bridgehead atoms. The van der Waals surface area contributed by atoms with Crippen LogP contribution in [0.2, 0.25) is 5.15 Å². The second kappa shape index (κ2) is 6.11. The molecule has 0 aliphatic carbocycles. The molecule has 0 spiro atoms. The minimum atomic E-state index is -0.347. The molecule has 0 aliphatic rings. The lowest BCUT2D eigenvalue weighted by atomic mass is 10.1. The number of hydrogen-bond donors (Lipinski definition) is 1. The SMILES string of the molecule is CCOC(C)(C)CNc1nc(C)nc(Cl)c1C=O. The van der Waals surface area contributed by atoms with Crippen molar-refractivity contribution in [3.8, 4) is 0 Å². The van der Waals surface area contributed by atoms with Crippen LogP contribution in [0.4, 0.5) is 5.82 Å². The van der Waals surface area contributed by atoms with Crippen LogP contribution in [0.3, 0.4) is 0 Å². The highest BCUT2D eigenvalue weighted by Gasteiger charge is 2.19. The van der Waals surface area contributed by atoms with Crippen molar-refractivity contribution in [1.29, 1.82) is 0 Å². The maximum atomic E-state index is 11.0. The van der Waals surface area contributed by atoms with E-state index in [4.69, 9.17) is 16.3 Å². The van der Waals surface area contributed by atoms with Crippen molar-refractivity contribution in [3.63, 3.8) is 0 Å². The molecule has 0 atom stereocenters. The molecule has 18 heavy (non-hydrogen) atoms. The Hall–Kier alpha value is -1.20. The Balaban J connectivity index is 2.87. The van der Waals surface area contributed by atoms with Crippen LogP contribution in [-0.4, -0.2) is 35.0 Å². The first kappa shape index (κ1) is 14.9. The summed E-state index contributed by atoms with van der Waals surface area (Å²) in [6.45, 7) is 8.72. The third kappa shape index (κ3) is 3.92. The van der Waals surface area contributed by atoms with Gasteiger partial charge in [0.1, 0.15) is 16.8 Å². The van der Waals surface area contributed by atoms with Crippen LogP contribution < -0.4 is 5.32 Å². The fourth-order valence-electron chi connectivity index (χ4n) is 1.52. The van der Waals surface area contributed by atoms with Crippen LogP contribution in [0, 0.1) is 6.92 Å². The topological polar surface area (TPSA) is 64.1 Å². The number of carbonyl (C=O) groups excluding carboxylic acids is 1. The summed E-state index contributed by atoms with van der Waals surface area (Å²) in [6, 6.07) is 0. The zero-order valence-corrected chi connectivity index (χ0v) is 11.8. The number of aryl methyl sites for hydroxylation is 1. The fourth-order valence-corrected chi connectivity index (χ4v) is 1.78. The van der Waals surface area contributed by atoms with E-state index in [0.29, 0.717) is 31.1 Å². The van der Waals surface area contributed by atoms with Crippen molar-refractivity contribution in [2.45, 2.75) is 33.3 Å². The lowest BCUT2D eigenvalue weighted by Crippen LogP contribution is -2.34. The number of aldehydes is 1. The van der Waals surface area contributed by atoms with Gasteiger partial charge in [-0.1, -0.05) is 11.6 Å². The summed E-state index contributed by atoms with van der Waals surface area (Å²) in [5, 5.41) is 3.24. The zero-order chi connectivity index (χ0) is 13.8. The van der Waals surface area contributed by atoms with Gasteiger partial charge in [0.2, 0.25) is 0 Å². The molecule has 0 saturated carbocycles. The first-order chi connectivity index (χ1) is 8.39. The average molecular weight is 272 g/mol.